The van der Waals surface area contributed by atoms with E-state index in [0.717, 1.165) is 17.7 Å². The molecule has 2 aromatic rings. The van der Waals surface area contributed by atoms with Crippen LogP contribution in [0.2, 0.25) is 0 Å². The van der Waals surface area contributed by atoms with Crippen LogP contribution in [0, 0.1) is 5.92 Å². The SMILES string of the molecule is COc1ccc(S(=O)(=O)N2CCN(C(=O)c3cc4c(s3)CCC(C)C4)CC2)cc1. The number of ether oxygens (including phenoxy) is 1. The van der Waals surface area contributed by atoms with Crippen LogP contribution in [-0.4, -0.2) is 56.8 Å². The molecule has 156 valence electrons. The number of rotatable bonds is 4. The van der Waals surface area contributed by atoms with Gasteiger partial charge in [-0.3, -0.25) is 4.79 Å². The van der Waals surface area contributed by atoms with Gasteiger partial charge in [-0.1, -0.05) is 6.92 Å². The molecule has 0 spiro atoms. The Bertz CT molecular complexity index is 990. The molecule has 4 rings (SSSR count). The van der Waals surface area contributed by atoms with Gasteiger partial charge in [0.05, 0.1) is 16.9 Å². The molecule has 2 heterocycles. The highest BCUT2D eigenvalue weighted by molar-refractivity contribution is 7.89. The molecule has 8 heteroatoms. The summed E-state index contributed by atoms with van der Waals surface area (Å²) in [6, 6.07) is 8.46. The average Bonchev–Trinajstić information content (AvgIpc) is 3.16. The number of benzene rings is 1. The zero-order chi connectivity index (χ0) is 20.6. The number of carbonyl (C=O) groups is 1. The number of nitrogens with zero attached hydrogens (tertiary/aromatic N) is 2. The van der Waals surface area contributed by atoms with E-state index in [1.54, 1.807) is 47.6 Å². The highest BCUT2D eigenvalue weighted by atomic mass is 32.2. The summed E-state index contributed by atoms with van der Waals surface area (Å²) in [5, 5.41) is 0. The minimum absolute atomic E-state index is 0.0264. The Morgan fingerprint density at radius 2 is 1.83 bits per heavy atom. The van der Waals surface area contributed by atoms with Crippen molar-refractivity contribution in [2.45, 2.75) is 31.1 Å². The second-order valence-corrected chi connectivity index (χ2v) is 10.9. The lowest BCUT2D eigenvalue weighted by Crippen LogP contribution is -2.50. The van der Waals surface area contributed by atoms with E-state index < -0.39 is 10.0 Å². The molecule has 1 aromatic carbocycles. The quantitative estimate of drug-likeness (QED) is 0.742. The number of thiophene rings is 1. The molecule has 2 aliphatic rings. The molecule has 29 heavy (non-hydrogen) atoms. The highest BCUT2D eigenvalue weighted by Gasteiger charge is 2.31. The molecule has 1 aliphatic carbocycles. The van der Waals surface area contributed by atoms with E-state index in [-0.39, 0.29) is 10.8 Å². The Morgan fingerprint density at radius 1 is 1.14 bits per heavy atom. The topological polar surface area (TPSA) is 66.9 Å². The van der Waals surface area contributed by atoms with Crippen LogP contribution >= 0.6 is 11.3 Å². The van der Waals surface area contributed by atoms with Gasteiger partial charge < -0.3 is 9.64 Å². The Balaban J connectivity index is 1.41. The standard InChI is InChI=1S/C21H26N2O4S2/c1-15-3-8-19-16(13-15)14-20(28-19)21(24)22-9-11-23(12-10-22)29(25,26)18-6-4-17(27-2)5-7-18/h4-7,14-15H,3,8-13H2,1-2H3. The van der Waals surface area contributed by atoms with E-state index in [1.807, 2.05) is 0 Å². The van der Waals surface area contributed by atoms with E-state index in [0.29, 0.717) is 37.8 Å². The van der Waals surface area contributed by atoms with Gasteiger partial charge in [0.25, 0.3) is 5.91 Å². The number of sulfonamides is 1. The fraction of sp³-hybridized carbons (Fsp3) is 0.476. The molecule has 1 amide bonds. The molecule has 1 aromatic heterocycles. The summed E-state index contributed by atoms with van der Waals surface area (Å²) in [7, 11) is -2.02. The Hall–Kier alpha value is -1.90. The first-order valence-electron chi connectivity index (χ1n) is 9.93. The van der Waals surface area contributed by atoms with Crippen molar-refractivity contribution in [2.75, 3.05) is 33.3 Å². The number of hydrogen-bond acceptors (Lipinski definition) is 5. The van der Waals surface area contributed by atoms with Crippen molar-refractivity contribution in [1.29, 1.82) is 0 Å². The second-order valence-electron chi connectivity index (χ2n) is 7.78. The largest absolute Gasteiger partial charge is 0.497 e. The Morgan fingerprint density at radius 3 is 2.48 bits per heavy atom. The van der Waals surface area contributed by atoms with Crippen LogP contribution in [0.5, 0.6) is 5.75 Å². The van der Waals surface area contributed by atoms with Gasteiger partial charge in [0, 0.05) is 31.1 Å². The molecular formula is C21H26N2O4S2. The van der Waals surface area contributed by atoms with E-state index in [9.17, 15) is 13.2 Å². The van der Waals surface area contributed by atoms with Gasteiger partial charge in [-0.2, -0.15) is 4.31 Å². The first kappa shape index (κ1) is 20.4. The van der Waals surface area contributed by atoms with Crippen molar-refractivity contribution in [3.63, 3.8) is 0 Å². The van der Waals surface area contributed by atoms with E-state index in [1.165, 1.54) is 21.2 Å². The Labute approximate surface area is 176 Å². The number of piperazine rings is 1. The van der Waals surface area contributed by atoms with E-state index in [4.69, 9.17) is 4.74 Å². The first-order chi connectivity index (χ1) is 13.9. The lowest BCUT2D eigenvalue weighted by Gasteiger charge is -2.33. The minimum atomic E-state index is -3.57. The lowest BCUT2D eigenvalue weighted by atomic mass is 9.90. The van der Waals surface area contributed by atoms with Crippen LogP contribution < -0.4 is 4.74 Å². The molecule has 1 unspecified atom stereocenters. The maximum absolute atomic E-state index is 13.0. The minimum Gasteiger partial charge on any atom is -0.497 e. The predicted octanol–water partition coefficient (Wildman–Crippen LogP) is 3.03. The van der Waals surface area contributed by atoms with Gasteiger partial charge in [0.2, 0.25) is 10.0 Å². The average molecular weight is 435 g/mol. The number of methoxy groups -OCH3 is 1. The van der Waals surface area contributed by atoms with Gasteiger partial charge in [-0.15, -0.1) is 11.3 Å². The van der Waals surface area contributed by atoms with Crippen molar-refractivity contribution >= 4 is 27.3 Å². The van der Waals surface area contributed by atoms with Gasteiger partial charge in [-0.05, 0) is 61.1 Å². The molecule has 1 saturated heterocycles. The fourth-order valence-corrected chi connectivity index (χ4v) is 6.59. The Kier molecular flexibility index (Phi) is 5.68. The molecular weight excluding hydrogens is 408 g/mol. The maximum atomic E-state index is 13.0. The lowest BCUT2D eigenvalue weighted by molar-refractivity contribution is 0.0702. The number of fused-ring (bicyclic) bond motifs is 1. The third-order valence-corrected chi connectivity index (χ3v) is 8.90. The van der Waals surface area contributed by atoms with Crippen LogP contribution in [0.4, 0.5) is 0 Å². The first-order valence-corrected chi connectivity index (χ1v) is 12.2. The summed E-state index contributed by atoms with van der Waals surface area (Å²) in [5.41, 5.74) is 1.32. The summed E-state index contributed by atoms with van der Waals surface area (Å²) in [6.45, 7) is 3.69. The summed E-state index contributed by atoms with van der Waals surface area (Å²) < 4.78 is 32.3. The zero-order valence-corrected chi connectivity index (χ0v) is 18.4. The van der Waals surface area contributed by atoms with Gasteiger partial charge in [0.1, 0.15) is 5.75 Å². The summed E-state index contributed by atoms with van der Waals surface area (Å²) in [4.78, 5) is 17.1. The maximum Gasteiger partial charge on any atom is 0.264 e. The van der Waals surface area contributed by atoms with Crippen LogP contribution in [-0.2, 0) is 22.9 Å². The van der Waals surface area contributed by atoms with Crippen LogP contribution in [0.3, 0.4) is 0 Å². The van der Waals surface area contributed by atoms with Crippen molar-refractivity contribution in [3.05, 3.63) is 45.6 Å². The number of carbonyl (C=O) groups excluding carboxylic acids is 1. The predicted molar refractivity (Wildman–Crippen MR) is 113 cm³/mol. The molecule has 1 aliphatic heterocycles. The van der Waals surface area contributed by atoms with Gasteiger partial charge in [-0.25, -0.2) is 8.42 Å². The molecule has 1 fully saturated rings. The summed E-state index contributed by atoms with van der Waals surface area (Å²) in [6.07, 6.45) is 3.29. The van der Waals surface area contributed by atoms with E-state index >= 15 is 0 Å². The van der Waals surface area contributed by atoms with Crippen molar-refractivity contribution in [1.82, 2.24) is 9.21 Å². The molecule has 1 atom stereocenters. The zero-order valence-electron chi connectivity index (χ0n) is 16.8. The smallest absolute Gasteiger partial charge is 0.264 e. The third kappa shape index (κ3) is 4.06. The monoisotopic (exact) mass is 434 g/mol. The van der Waals surface area contributed by atoms with Crippen LogP contribution in [0.25, 0.3) is 0 Å². The molecule has 0 saturated carbocycles. The fourth-order valence-electron chi connectivity index (χ4n) is 4.00. The third-order valence-electron chi connectivity index (χ3n) is 5.76. The highest BCUT2D eigenvalue weighted by Crippen LogP contribution is 2.33. The van der Waals surface area contributed by atoms with Crippen LogP contribution in [0.1, 0.15) is 33.5 Å². The van der Waals surface area contributed by atoms with Crippen molar-refractivity contribution in [3.8, 4) is 5.75 Å². The molecule has 0 radical (unpaired) electrons. The number of hydrogen-bond donors (Lipinski definition) is 0. The van der Waals surface area contributed by atoms with Crippen molar-refractivity contribution in [2.24, 2.45) is 5.92 Å². The number of amides is 1. The van der Waals surface area contributed by atoms with Gasteiger partial charge in [0.15, 0.2) is 0 Å². The van der Waals surface area contributed by atoms with E-state index in [2.05, 4.69) is 13.0 Å². The van der Waals surface area contributed by atoms with Crippen LogP contribution in [0.15, 0.2) is 35.2 Å². The molecule has 0 N–H and O–H groups in total. The second kappa shape index (κ2) is 8.08. The van der Waals surface area contributed by atoms with Gasteiger partial charge >= 0.3 is 0 Å². The van der Waals surface area contributed by atoms with Crippen molar-refractivity contribution < 1.29 is 17.9 Å². The summed E-state index contributed by atoms with van der Waals surface area (Å²) >= 11 is 1.61. The molecule has 0 bridgehead atoms. The normalized spacial score (nSPS) is 20.3. The summed E-state index contributed by atoms with van der Waals surface area (Å²) in [5.74, 6) is 1.32. The molecule has 6 nitrogen and oxygen atoms in total. The number of aryl methyl sites for hydroxylation is 1.